The number of fused-ring (bicyclic) bond motifs is 3. The molecular weight excluding hydrogens is 286 g/mol. The average Bonchev–Trinajstić information content (AvgIpc) is 2.75. The van der Waals surface area contributed by atoms with Crippen molar-refractivity contribution in [3.8, 4) is 0 Å². The Bertz CT molecular complexity index is 785. The van der Waals surface area contributed by atoms with E-state index in [1.54, 1.807) is 17.4 Å². The third-order valence-electron chi connectivity index (χ3n) is 4.23. The van der Waals surface area contributed by atoms with Crippen molar-refractivity contribution in [2.75, 3.05) is 0 Å². The molecule has 0 saturated heterocycles. The maximum atomic E-state index is 12.8. The molecule has 2 aromatic heterocycles. The molecular formula is C16H19NO3S. The lowest BCUT2D eigenvalue weighted by Crippen LogP contribution is -2.28. The quantitative estimate of drug-likeness (QED) is 0.924. The number of aryl methyl sites for hydroxylation is 1. The average molecular weight is 305 g/mol. The summed E-state index contributed by atoms with van der Waals surface area (Å²) in [5.41, 5.74) is 1.10. The van der Waals surface area contributed by atoms with Crippen LogP contribution >= 0.6 is 11.3 Å². The molecule has 1 N–H and O–H groups in total. The normalized spacial score (nSPS) is 18.2. The Morgan fingerprint density at radius 1 is 1.48 bits per heavy atom. The standard InChI is InChI=1S/C16H19NO3S/c1-8(2)17-11(16(19)20)7-13-14(15(17)18)10-5-4-9(3)6-12(10)21-13/h7-9H,4-6H2,1-3H3,(H,19,20). The van der Waals surface area contributed by atoms with Crippen molar-refractivity contribution in [2.24, 2.45) is 5.92 Å². The van der Waals surface area contributed by atoms with Gasteiger partial charge in [0.15, 0.2) is 0 Å². The van der Waals surface area contributed by atoms with Crippen molar-refractivity contribution in [3.05, 3.63) is 32.6 Å². The van der Waals surface area contributed by atoms with Gasteiger partial charge in [-0.05, 0) is 50.7 Å². The van der Waals surface area contributed by atoms with E-state index in [0.29, 0.717) is 5.92 Å². The van der Waals surface area contributed by atoms with Crippen molar-refractivity contribution in [1.29, 1.82) is 0 Å². The van der Waals surface area contributed by atoms with Gasteiger partial charge < -0.3 is 5.11 Å². The van der Waals surface area contributed by atoms with Crippen molar-refractivity contribution in [2.45, 2.75) is 46.1 Å². The van der Waals surface area contributed by atoms with Gasteiger partial charge in [0.25, 0.3) is 5.56 Å². The lowest BCUT2D eigenvalue weighted by Gasteiger charge is -2.18. The number of thiophene rings is 1. The Kier molecular flexibility index (Phi) is 3.40. The summed E-state index contributed by atoms with van der Waals surface area (Å²) in [4.78, 5) is 25.5. The minimum Gasteiger partial charge on any atom is -0.477 e. The van der Waals surface area contributed by atoms with Gasteiger partial charge in [-0.15, -0.1) is 11.3 Å². The Hall–Kier alpha value is -1.62. The van der Waals surface area contributed by atoms with E-state index in [1.807, 2.05) is 13.8 Å². The lowest BCUT2D eigenvalue weighted by atomic mass is 9.89. The molecule has 21 heavy (non-hydrogen) atoms. The summed E-state index contributed by atoms with van der Waals surface area (Å²) in [5.74, 6) is -0.403. The molecule has 0 fully saturated rings. The second kappa shape index (κ2) is 4.98. The van der Waals surface area contributed by atoms with Crippen LogP contribution in [0.15, 0.2) is 10.9 Å². The number of hydrogen-bond donors (Lipinski definition) is 1. The van der Waals surface area contributed by atoms with E-state index < -0.39 is 5.97 Å². The monoisotopic (exact) mass is 305 g/mol. The first-order chi connectivity index (χ1) is 9.90. The number of pyridine rings is 1. The van der Waals surface area contributed by atoms with E-state index in [2.05, 4.69) is 6.92 Å². The molecule has 0 spiro atoms. The largest absolute Gasteiger partial charge is 0.477 e. The number of rotatable bonds is 2. The number of carboxylic acid groups (broad SMARTS) is 1. The van der Waals surface area contributed by atoms with E-state index in [4.69, 9.17) is 0 Å². The van der Waals surface area contributed by atoms with Crippen molar-refractivity contribution >= 4 is 27.4 Å². The second-order valence-corrected chi connectivity index (χ2v) is 7.33. The highest BCUT2D eigenvalue weighted by atomic mass is 32.1. The van der Waals surface area contributed by atoms with Crippen LogP contribution in [0, 0.1) is 5.92 Å². The molecule has 1 unspecified atom stereocenters. The SMILES string of the molecule is CC1CCc2c(sc3cc(C(=O)O)n(C(C)C)c(=O)c23)C1. The first kappa shape index (κ1) is 14.3. The summed E-state index contributed by atoms with van der Waals surface area (Å²) >= 11 is 1.59. The Labute approximate surface area is 127 Å². The molecule has 0 saturated carbocycles. The zero-order chi connectivity index (χ0) is 15.3. The first-order valence-electron chi connectivity index (χ1n) is 7.33. The highest BCUT2D eigenvalue weighted by molar-refractivity contribution is 7.19. The number of carbonyl (C=O) groups is 1. The predicted octanol–water partition coefficient (Wildman–Crippen LogP) is 3.47. The van der Waals surface area contributed by atoms with Crippen LogP contribution in [0.5, 0.6) is 0 Å². The number of aromatic nitrogens is 1. The van der Waals surface area contributed by atoms with Crippen molar-refractivity contribution in [1.82, 2.24) is 4.57 Å². The Balaban J connectivity index is 2.37. The van der Waals surface area contributed by atoms with Gasteiger partial charge in [-0.3, -0.25) is 9.36 Å². The van der Waals surface area contributed by atoms with E-state index in [-0.39, 0.29) is 17.3 Å². The molecule has 1 aliphatic carbocycles. The molecule has 2 aromatic rings. The van der Waals surface area contributed by atoms with Gasteiger partial charge in [-0.1, -0.05) is 6.92 Å². The summed E-state index contributed by atoms with van der Waals surface area (Å²) in [6.45, 7) is 5.92. The molecule has 0 aromatic carbocycles. The molecule has 0 amide bonds. The third-order valence-corrected chi connectivity index (χ3v) is 5.44. The second-order valence-electron chi connectivity index (χ2n) is 6.19. The van der Waals surface area contributed by atoms with Gasteiger partial charge in [-0.2, -0.15) is 0 Å². The van der Waals surface area contributed by atoms with E-state index >= 15 is 0 Å². The van der Waals surface area contributed by atoms with Gasteiger partial charge in [0.05, 0.1) is 5.39 Å². The van der Waals surface area contributed by atoms with Gasteiger partial charge in [0, 0.05) is 15.6 Å². The van der Waals surface area contributed by atoms with E-state index in [1.165, 1.54) is 9.44 Å². The summed E-state index contributed by atoms with van der Waals surface area (Å²) in [5, 5.41) is 10.1. The van der Waals surface area contributed by atoms with Crippen LogP contribution < -0.4 is 5.56 Å². The maximum Gasteiger partial charge on any atom is 0.352 e. The summed E-state index contributed by atoms with van der Waals surface area (Å²) in [7, 11) is 0. The first-order valence-corrected chi connectivity index (χ1v) is 8.15. The van der Waals surface area contributed by atoms with Crippen LogP contribution in [0.2, 0.25) is 0 Å². The van der Waals surface area contributed by atoms with Gasteiger partial charge in [-0.25, -0.2) is 4.79 Å². The van der Waals surface area contributed by atoms with Gasteiger partial charge in [0.2, 0.25) is 0 Å². The number of aromatic carboxylic acids is 1. The van der Waals surface area contributed by atoms with Crippen LogP contribution in [0.25, 0.3) is 10.1 Å². The van der Waals surface area contributed by atoms with Crippen molar-refractivity contribution < 1.29 is 9.90 Å². The fourth-order valence-corrected chi connectivity index (χ4v) is 4.65. The Morgan fingerprint density at radius 2 is 2.19 bits per heavy atom. The highest BCUT2D eigenvalue weighted by Gasteiger charge is 2.25. The van der Waals surface area contributed by atoms with Gasteiger partial charge >= 0.3 is 5.97 Å². The summed E-state index contributed by atoms with van der Waals surface area (Å²) in [6.07, 6.45) is 3.02. The van der Waals surface area contributed by atoms with Crippen LogP contribution in [0.3, 0.4) is 0 Å². The molecule has 5 heteroatoms. The van der Waals surface area contributed by atoms with E-state index in [0.717, 1.165) is 34.9 Å². The highest BCUT2D eigenvalue weighted by Crippen LogP contribution is 2.37. The van der Waals surface area contributed by atoms with Crippen LogP contribution in [-0.2, 0) is 12.8 Å². The fourth-order valence-electron chi connectivity index (χ4n) is 3.21. The number of nitrogens with zero attached hydrogens (tertiary/aromatic N) is 1. The molecule has 0 bridgehead atoms. The van der Waals surface area contributed by atoms with Crippen LogP contribution in [-0.4, -0.2) is 15.6 Å². The number of hydrogen-bond acceptors (Lipinski definition) is 3. The molecule has 3 rings (SSSR count). The van der Waals surface area contributed by atoms with Crippen LogP contribution in [0.1, 0.15) is 54.2 Å². The fraction of sp³-hybridized carbons (Fsp3) is 0.500. The lowest BCUT2D eigenvalue weighted by molar-refractivity contribution is 0.0682. The Morgan fingerprint density at radius 3 is 2.81 bits per heavy atom. The minimum absolute atomic E-state index is 0.0918. The third kappa shape index (κ3) is 2.20. The van der Waals surface area contributed by atoms with E-state index in [9.17, 15) is 14.7 Å². The number of carboxylic acids is 1. The summed E-state index contributed by atoms with van der Waals surface area (Å²) < 4.78 is 2.24. The molecule has 112 valence electrons. The zero-order valence-electron chi connectivity index (χ0n) is 12.5. The molecule has 1 atom stereocenters. The van der Waals surface area contributed by atoms with Gasteiger partial charge in [0.1, 0.15) is 5.69 Å². The summed E-state index contributed by atoms with van der Waals surface area (Å²) in [6, 6.07) is 1.51. The van der Waals surface area contributed by atoms with Crippen molar-refractivity contribution in [3.63, 3.8) is 0 Å². The maximum absolute atomic E-state index is 12.8. The smallest absolute Gasteiger partial charge is 0.352 e. The minimum atomic E-state index is -1.04. The zero-order valence-corrected chi connectivity index (χ0v) is 13.3. The predicted molar refractivity (Wildman–Crippen MR) is 84.6 cm³/mol. The topological polar surface area (TPSA) is 59.3 Å². The molecule has 0 radical (unpaired) electrons. The molecule has 0 aliphatic heterocycles. The van der Waals surface area contributed by atoms with Crippen LogP contribution in [0.4, 0.5) is 0 Å². The molecule has 2 heterocycles. The molecule has 1 aliphatic rings. The molecule has 4 nitrogen and oxygen atoms in total.